The average molecular weight is 286 g/mol. The molecule has 0 aliphatic heterocycles. The van der Waals surface area contributed by atoms with Crippen LogP contribution in [0.15, 0.2) is 0 Å². The lowest BCUT2D eigenvalue weighted by Gasteiger charge is -2.43. The number of hydrogen-bond acceptors (Lipinski definition) is 4. The topological polar surface area (TPSA) is 73.6 Å². The SMILES string of the molecule is COCCNC(=O)C(C)OC1(CN)CCC(C)(C)CC1. The Labute approximate surface area is 122 Å². The Morgan fingerprint density at radius 1 is 1.30 bits per heavy atom. The molecular weight excluding hydrogens is 256 g/mol. The van der Waals surface area contributed by atoms with Crippen molar-refractivity contribution in [1.29, 1.82) is 0 Å². The molecule has 1 fully saturated rings. The fourth-order valence-corrected chi connectivity index (χ4v) is 2.60. The fraction of sp³-hybridized carbons (Fsp3) is 0.933. The summed E-state index contributed by atoms with van der Waals surface area (Å²) in [6, 6.07) is 0. The Morgan fingerprint density at radius 2 is 1.90 bits per heavy atom. The molecule has 1 amide bonds. The predicted molar refractivity (Wildman–Crippen MR) is 79.5 cm³/mol. The summed E-state index contributed by atoms with van der Waals surface area (Å²) in [5, 5.41) is 2.80. The van der Waals surface area contributed by atoms with Gasteiger partial charge in [0.2, 0.25) is 5.91 Å². The number of nitrogens with two attached hydrogens (primary N) is 1. The van der Waals surface area contributed by atoms with E-state index in [0.717, 1.165) is 25.7 Å². The van der Waals surface area contributed by atoms with Crippen LogP contribution in [0, 0.1) is 5.41 Å². The molecule has 5 heteroatoms. The van der Waals surface area contributed by atoms with Gasteiger partial charge in [0.1, 0.15) is 6.10 Å². The molecule has 1 unspecified atom stereocenters. The second kappa shape index (κ2) is 7.38. The highest BCUT2D eigenvalue weighted by Gasteiger charge is 2.40. The highest BCUT2D eigenvalue weighted by molar-refractivity contribution is 5.80. The molecule has 1 aliphatic rings. The van der Waals surface area contributed by atoms with Crippen molar-refractivity contribution < 1.29 is 14.3 Å². The number of rotatable bonds is 7. The third kappa shape index (κ3) is 5.04. The van der Waals surface area contributed by atoms with Crippen LogP contribution in [-0.2, 0) is 14.3 Å². The van der Waals surface area contributed by atoms with E-state index < -0.39 is 6.10 Å². The molecule has 20 heavy (non-hydrogen) atoms. The summed E-state index contributed by atoms with van der Waals surface area (Å²) in [7, 11) is 1.61. The first-order valence-corrected chi connectivity index (χ1v) is 7.49. The van der Waals surface area contributed by atoms with Crippen LogP contribution >= 0.6 is 0 Å². The Hall–Kier alpha value is -0.650. The molecule has 1 rings (SSSR count). The van der Waals surface area contributed by atoms with Crippen molar-refractivity contribution in [2.24, 2.45) is 11.1 Å². The van der Waals surface area contributed by atoms with Gasteiger partial charge in [0.05, 0.1) is 12.2 Å². The highest BCUT2D eigenvalue weighted by Crippen LogP contribution is 2.42. The highest BCUT2D eigenvalue weighted by atomic mass is 16.5. The molecule has 0 aromatic rings. The van der Waals surface area contributed by atoms with E-state index in [0.29, 0.717) is 25.1 Å². The summed E-state index contributed by atoms with van der Waals surface area (Å²) < 4.78 is 10.9. The van der Waals surface area contributed by atoms with E-state index >= 15 is 0 Å². The van der Waals surface area contributed by atoms with Gasteiger partial charge in [-0.15, -0.1) is 0 Å². The lowest BCUT2D eigenvalue weighted by atomic mass is 9.71. The van der Waals surface area contributed by atoms with Gasteiger partial charge >= 0.3 is 0 Å². The molecule has 0 spiro atoms. The maximum Gasteiger partial charge on any atom is 0.248 e. The van der Waals surface area contributed by atoms with Crippen LogP contribution in [0.2, 0.25) is 0 Å². The van der Waals surface area contributed by atoms with Crippen LogP contribution in [0.3, 0.4) is 0 Å². The summed E-state index contributed by atoms with van der Waals surface area (Å²) in [6.45, 7) is 7.82. The molecule has 1 atom stereocenters. The van der Waals surface area contributed by atoms with E-state index in [2.05, 4.69) is 19.2 Å². The maximum absolute atomic E-state index is 11.9. The number of carbonyl (C=O) groups is 1. The minimum atomic E-state index is -0.475. The first-order valence-electron chi connectivity index (χ1n) is 7.49. The minimum Gasteiger partial charge on any atom is -0.383 e. The van der Waals surface area contributed by atoms with Crippen molar-refractivity contribution in [2.75, 3.05) is 26.8 Å². The molecule has 5 nitrogen and oxygen atoms in total. The van der Waals surface area contributed by atoms with Crippen LogP contribution in [-0.4, -0.2) is 44.4 Å². The zero-order valence-corrected chi connectivity index (χ0v) is 13.3. The van der Waals surface area contributed by atoms with Gasteiger partial charge in [-0.2, -0.15) is 0 Å². The third-order valence-corrected chi connectivity index (χ3v) is 4.29. The van der Waals surface area contributed by atoms with Gasteiger partial charge in [0.25, 0.3) is 0 Å². The van der Waals surface area contributed by atoms with Crippen molar-refractivity contribution in [3.05, 3.63) is 0 Å². The molecule has 0 heterocycles. The van der Waals surface area contributed by atoms with E-state index in [1.165, 1.54) is 0 Å². The summed E-state index contributed by atoms with van der Waals surface area (Å²) in [5.41, 5.74) is 5.93. The van der Waals surface area contributed by atoms with Crippen LogP contribution < -0.4 is 11.1 Å². The van der Waals surface area contributed by atoms with Crippen LogP contribution in [0.25, 0.3) is 0 Å². The number of amides is 1. The Morgan fingerprint density at radius 3 is 2.40 bits per heavy atom. The second-order valence-corrected chi connectivity index (χ2v) is 6.60. The number of methoxy groups -OCH3 is 1. The second-order valence-electron chi connectivity index (χ2n) is 6.60. The smallest absolute Gasteiger partial charge is 0.248 e. The summed E-state index contributed by atoms with van der Waals surface area (Å²) in [6.07, 6.45) is 3.54. The van der Waals surface area contributed by atoms with Gasteiger partial charge < -0.3 is 20.5 Å². The number of nitrogens with one attached hydrogen (secondary N) is 1. The Balaban J connectivity index is 2.49. The van der Waals surface area contributed by atoms with E-state index in [-0.39, 0.29) is 11.5 Å². The van der Waals surface area contributed by atoms with Crippen LogP contribution in [0.1, 0.15) is 46.5 Å². The Kier molecular flexibility index (Phi) is 6.43. The number of hydrogen-bond donors (Lipinski definition) is 2. The molecule has 0 radical (unpaired) electrons. The Bertz CT molecular complexity index is 308. The lowest BCUT2D eigenvalue weighted by Crippen LogP contribution is -2.50. The van der Waals surface area contributed by atoms with Gasteiger partial charge in [0, 0.05) is 20.2 Å². The molecule has 1 saturated carbocycles. The zero-order chi connectivity index (χ0) is 15.2. The molecule has 0 aromatic heterocycles. The van der Waals surface area contributed by atoms with Crippen molar-refractivity contribution in [1.82, 2.24) is 5.32 Å². The van der Waals surface area contributed by atoms with Crippen molar-refractivity contribution >= 4 is 5.91 Å². The maximum atomic E-state index is 11.9. The van der Waals surface area contributed by atoms with Gasteiger partial charge in [-0.3, -0.25) is 4.79 Å². The van der Waals surface area contributed by atoms with Crippen molar-refractivity contribution in [3.8, 4) is 0 Å². The van der Waals surface area contributed by atoms with E-state index in [4.69, 9.17) is 15.2 Å². The average Bonchev–Trinajstić information content (AvgIpc) is 2.41. The third-order valence-electron chi connectivity index (χ3n) is 4.29. The molecule has 1 aliphatic carbocycles. The summed E-state index contributed by atoms with van der Waals surface area (Å²) in [5.74, 6) is -0.0975. The molecular formula is C15H30N2O3. The van der Waals surface area contributed by atoms with Gasteiger partial charge in [-0.05, 0) is 38.0 Å². The molecule has 0 saturated heterocycles. The largest absolute Gasteiger partial charge is 0.383 e. The van der Waals surface area contributed by atoms with Crippen molar-refractivity contribution in [2.45, 2.75) is 58.2 Å². The normalized spacial score (nSPS) is 22.2. The van der Waals surface area contributed by atoms with Crippen LogP contribution in [0.5, 0.6) is 0 Å². The number of ether oxygens (including phenoxy) is 2. The van der Waals surface area contributed by atoms with Gasteiger partial charge in [-0.25, -0.2) is 0 Å². The van der Waals surface area contributed by atoms with Crippen LogP contribution in [0.4, 0.5) is 0 Å². The summed E-state index contributed by atoms with van der Waals surface area (Å²) >= 11 is 0. The quantitative estimate of drug-likeness (QED) is 0.695. The van der Waals surface area contributed by atoms with E-state index in [9.17, 15) is 4.79 Å². The minimum absolute atomic E-state index is 0.0975. The van der Waals surface area contributed by atoms with Gasteiger partial charge in [-0.1, -0.05) is 13.8 Å². The first-order chi connectivity index (χ1) is 9.34. The summed E-state index contributed by atoms with van der Waals surface area (Å²) in [4.78, 5) is 11.9. The monoisotopic (exact) mass is 286 g/mol. The zero-order valence-electron chi connectivity index (χ0n) is 13.3. The van der Waals surface area contributed by atoms with Gasteiger partial charge in [0.15, 0.2) is 0 Å². The standard InChI is InChI=1S/C15H30N2O3/c1-12(13(18)17-9-10-19-4)20-15(11-16)7-5-14(2,3)6-8-15/h12H,5-11,16H2,1-4H3,(H,17,18). The first kappa shape index (κ1) is 17.4. The molecule has 118 valence electrons. The molecule has 3 N–H and O–H groups in total. The molecule has 0 aromatic carbocycles. The number of carbonyl (C=O) groups excluding carboxylic acids is 1. The predicted octanol–water partition coefficient (Wildman–Crippen LogP) is 1.45. The molecule has 0 bridgehead atoms. The van der Waals surface area contributed by atoms with Crippen molar-refractivity contribution in [3.63, 3.8) is 0 Å². The lowest BCUT2D eigenvalue weighted by molar-refractivity contribution is -0.152. The van der Waals surface area contributed by atoms with E-state index in [1.807, 2.05) is 0 Å². The fourth-order valence-electron chi connectivity index (χ4n) is 2.60. The van der Waals surface area contributed by atoms with E-state index in [1.54, 1.807) is 14.0 Å².